The monoisotopic (exact) mass is 579 g/mol. The summed E-state index contributed by atoms with van der Waals surface area (Å²) in [5.41, 5.74) is 3.33. The summed E-state index contributed by atoms with van der Waals surface area (Å²) >= 11 is 3.46. The van der Waals surface area contributed by atoms with Gasteiger partial charge in [0.25, 0.3) is 0 Å². The summed E-state index contributed by atoms with van der Waals surface area (Å²) in [5.74, 6) is -0.406. The van der Waals surface area contributed by atoms with Gasteiger partial charge in [0.15, 0.2) is 0 Å². The van der Waals surface area contributed by atoms with Crippen molar-refractivity contribution in [1.29, 1.82) is 0 Å². The van der Waals surface area contributed by atoms with Crippen molar-refractivity contribution in [2.45, 2.75) is 72.5 Å². The second kappa shape index (κ2) is 13.2. The van der Waals surface area contributed by atoms with Gasteiger partial charge in [-0.1, -0.05) is 47.1 Å². The molecule has 0 aromatic heterocycles. The summed E-state index contributed by atoms with van der Waals surface area (Å²) in [7, 11) is -3.54. The Kier molecular flexibility index (Phi) is 11.0. The van der Waals surface area contributed by atoms with E-state index in [0.29, 0.717) is 12.1 Å². The molecule has 0 saturated carbocycles. The lowest BCUT2D eigenvalue weighted by atomic mass is 10.1. The lowest BCUT2D eigenvalue weighted by Crippen LogP contribution is -2.49. The van der Waals surface area contributed by atoms with E-state index >= 15 is 0 Å². The molecule has 2 aromatic carbocycles. The zero-order chi connectivity index (χ0) is 27.0. The number of carbonyl (C=O) groups excluding carboxylic acids is 2. The van der Waals surface area contributed by atoms with Crippen LogP contribution in [0.1, 0.15) is 56.7 Å². The molecular weight excluding hydrogens is 542 g/mol. The molecule has 0 heterocycles. The average Bonchev–Trinajstić information content (AvgIpc) is 2.80. The molecule has 7 nitrogen and oxygen atoms in total. The molecule has 0 saturated heterocycles. The van der Waals surface area contributed by atoms with Crippen LogP contribution in [0.5, 0.6) is 0 Å². The Bertz CT molecular complexity index is 1170. The maximum atomic E-state index is 13.4. The number of hydrogen-bond acceptors (Lipinski definition) is 4. The van der Waals surface area contributed by atoms with Gasteiger partial charge in [0.05, 0.1) is 11.9 Å². The number of benzene rings is 2. The van der Waals surface area contributed by atoms with Gasteiger partial charge < -0.3 is 10.2 Å². The second-order valence-electron chi connectivity index (χ2n) is 9.37. The highest BCUT2D eigenvalue weighted by Gasteiger charge is 2.27. The Morgan fingerprint density at radius 2 is 1.78 bits per heavy atom. The Labute approximate surface area is 224 Å². The smallest absolute Gasteiger partial charge is 0.242 e. The van der Waals surface area contributed by atoms with Crippen molar-refractivity contribution in [2.75, 3.05) is 17.1 Å². The number of nitrogens with zero attached hydrogens (tertiary/aromatic N) is 2. The van der Waals surface area contributed by atoms with E-state index in [1.807, 2.05) is 70.2 Å². The predicted octanol–water partition coefficient (Wildman–Crippen LogP) is 4.94. The van der Waals surface area contributed by atoms with Crippen molar-refractivity contribution in [3.8, 4) is 0 Å². The van der Waals surface area contributed by atoms with Crippen LogP contribution >= 0.6 is 15.9 Å². The van der Waals surface area contributed by atoms with Gasteiger partial charge >= 0.3 is 0 Å². The van der Waals surface area contributed by atoms with Crippen LogP contribution in [0.3, 0.4) is 0 Å². The first-order chi connectivity index (χ1) is 16.8. The molecule has 198 valence electrons. The molecule has 1 N–H and O–H groups in total. The Hall–Kier alpha value is -2.39. The lowest BCUT2D eigenvalue weighted by Gasteiger charge is -2.30. The van der Waals surface area contributed by atoms with Crippen molar-refractivity contribution in [3.05, 3.63) is 63.6 Å². The molecule has 2 atom stereocenters. The quantitative estimate of drug-likeness (QED) is 0.385. The van der Waals surface area contributed by atoms with Crippen LogP contribution < -0.4 is 9.62 Å². The van der Waals surface area contributed by atoms with Crippen LogP contribution in [-0.4, -0.2) is 50.0 Å². The van der Waals surface area contributed by atoms with E-state index < -0.39 is 16.1 Å². The van der Waals surface area contributed by atoms with E-state index in [4.69, 9.17) is 0 Å². The first-order valence-corrected chi connectivity index (χ1v) is 14.9. The molecule has 0 aliphatic rings. The zero-order valence-electron chi connectivity index (χ0n) is 22.0. The van der Waals surface area contributed by atoms with E-state index in [0.717, 1.165) is 27.6 Å². The zero-order valence-corrected chi connectivity index (χ0v) is 24.4. The SMILES string of the molecule is CC[C@H](C)NC(=O)[C@@H](C)N(Cc1cccc(Br)c1)C(=O)CCCN(c1cc(C)ccc1C)S(C)(=O)=O. The Morgan fingerprint density at radius 1 is 1.08 bits per heavy atom. The molecule has 0 aliphatic carbocycles. The third kappa shape index (κ3) is 8.62. The number of amides is 2. The van der Waals surface area contributed by atoms with Crippen LogP contribution in [0.4, 0.5) is 5.69 Å². The number of sulfonamides is 1. The number of aryl methyl sites for hydroxylation is 2. The standard InChI is InChI=1S/C27H38BrN3O4S/c1-7-21(4)29-27(33)22(5)30(18-23-10-8-11-24(28)17-23)26(32)12-9-15-31(36(6,34)35)25-16-19(2)13-14-20(25)3/h8,10-11,13-14,16-17,21-22H,7,9,12,15,18H2,1-6H3,(H,29,33)/t21-,22+/m0/s1. The lowest BCUT2D eigenvalue weighted by molar-refractivity contribution is -0.140. The van der Waals surface area contributed by atoms with E-state index in [2.05, 4.69) is 21.2 Å². The largest absolute Gasteiger partial charge is 0.352 e. The summed E-state index contributed by atoms with van der Waals surface area (Å²) in [6, 6.07) is 12.6. The predicted molar refractivity (Wildman–Crippen MR) is 149 cm³/mol. The summed E-state index contributed by atoms with van der Waals surface area (Å²) in [6.45, 7) is 9.88. The summed E-state index contributed by atoms with van der Waals surface area (Å²) in [5, 5.41) is 2.96. The van der Waals surface area contributed by atoms with Crippen LogP contribution in [0.2, 0.25) is 0 Å². The fourth-order valence-corrected chi connectivity index (χ4v) is 5.31. The number of carbonyl (C=O) groups is 2. The average molecular weight is 581 g/mol. The topological polar surface area (TPSA) is 86.8 Å². The van der Waals surface area contributed by atoms with Gasteiger partial charge in [-0.3, -0.25) is 13.9 Å². The maximum Gasteiger partial charge on any atom is 0.242 e. The van der Waals surface area contributed by atoms with E-state index in [9.17, 15) is 18.0 Å². The molecule has 9 heteroatoms. The Morgan fingerprint density at radius 3 is 2.39 bits per heavy atom. The molecule has 0 fully saturated rings. The van der Waals surface area contributed by atoms with Crippen molar-refractivity contribution in [1.82, 2.24) is 10.2 Å². The second-order valence-corrected chi connectivity index (χ2v) is 12.2. The number of anilines is 1. The van der Waals surface area contributed by atoms with Gasteiger partial charge in [0, 0.05) is 30.0 Å². The fourth-order valence-electron chi connectivity index (χ4n) is 3.85. The molecule has 0 unspecified atom stereocenters. The van der Waals surface area contributed by atoms with Crippen LogP contribution in [0, 0.1) is 13.8 Å². The van der Waals surface area contributed by atoms with Crippen molar-refractivity contribution in [3.63, 3.8) is 0 Å². The molecule has 0 spiro atoms. The van der Waals surface area contributed by atoms with Crippen molar-refractivity contribution < 1.29 is 18.0 Å². The van der Waals surface area contributed by atoms with Crippen molar-refractivity contribution in [2.24, 2.45) is 0 Å². The first kappa shape index (κ1) is 29.8. The highest BCUT2D eigenvalue weighted by Crippen LogP contribution is 2.25. The number of hydrogen-bond donors (Lipinski definition) is 1. The summed E-state index contributed by atoms with van der Waals surface area (Å²) in [4.78, 5) is 27.8. The molecule has 2 aromatic rings. The molecular formula is C27H38BrN3O4S. The van der Waals surface area contributed by atoms with Crippen LogP contribution in [0.25, 0.3) is 0 Å². The molecule has 0 radical (unpaired) electrons. The fraction of sp³-hybridized carbons (Fsp3) is 0.481. The highest BCUT2D eigenvalue weighted by molar-refractivity contribution is 9.10. The van der Waals surface area contributed by atoms with E-state index in [1.54, 1.807) is 11.8 Å². The van der Waals surface area contributed by atoms with Gasteiger partial charge in [0.1, 0.15) is 6.04 Å². The molecule has 0 bridgehead atoms. The highest BCUT2D eigenvalue weighted by atomic mass is 79.9. The molecule has 36 heavy (non-hydrogen) atoms. The van der Waals surface area contributed by atoms with E-state index in [-0.39, 0.29) is 37.4 Å². The Balaban J connectivity index is 2.21. The number of halogens is 1. The van der Waals surface area contributed by atoms with Gasteiger partial charge in [-0.15, -0.1) is 0 Å². The summed E-state index contributed by atoms with van der Waals surface area (Å²) < 4.78 is 27.4. The number of nitrogens with one attached hydrogen (secondary N) is 1. The first-order valence-electron chi connectivity index (χ1n) is 12.2. The number of rotatable bonds is 12. The van der Waals surface area contributed by atoms with E-state index in [1.165, 1.54) is 10.6 Å². The van der Waals surface area contributed by atoms with Gasteiger partial charge in [-0.05, 0) is 75.4 Å². The van der Waals surface area contributed by atoms with Crippen LogP contribution in [-0.2, 0) is 26.2 Å². The summed E-state index contributed by atoms with van der Waals surface area (Å²) in [6.07, 6.45) is 2.41. The normalized spacial score (nSPS) is 13.1. The van der Waals surface area contributed by atoms with Gasteiger partial charge in [0.2, 0.25) is 21.8 Å². The minimum absolute atomic E-state index is 0.00339. The van der Waals surface area contributed by atoms with Gasteiger partial charge in [-0.25, -0.2) is 8.42 Å². The van der Waals surface area contributed by atoms with Gasteiger partial charge in [-0.2, -0.15) is 0 Å². The maximum absolute atomic E-state index is 13.4. The third-order valence-corrected chi connectivity index (χ3v) is 7.87. The third-order valence-electron chi connectivity index (χ3n) is 6.20. The van der Waals surface area contributed by atoms with Crippen LogP contribution in [0.15, 0.2) is 46.9 Å². The minimum atomic E-state index is -3.54. The molecule has 2 amide bonds. The molecule has 0 aliphatic heterocycles. The minimum Gasteiger partial charge on any atom is -0.352 e. The van der Waals surface area contributed by atoms with Crippen molar-refractivity contribution >= 4 is 43.5 Å². The molecule has 2 rings (SSSR count).